The largest absolute Gasteiger partial charge is 0.372 e. The van der Waals surface area contributed by atoms with Gasteiger partial charge in [-0.1, -0.05) is 31.2 Å². The summed E-state index contributed by atoms with van der Waals surface area (Å²) in [6.07, 6.45) is 5.84. The van der Waals surface area contributed by atoms with Crippen LogP contribution in [0, 0.1) is 0 Å². The molecule has 5 rings (SSSR count). The lowest BCUT2D eigenvalue weighted by Crippen LogP contribution is -2.48. The van der Waals surface area contributed by atoms with Gasteiger partial charge in [0.25, 0.3) is 5.91 Å². The third kappa shape index (κ3) is 5.01. The van der Waals surface area contributed by atoms with Crippen LogP contribution in [-0.4, -0.2) is 69.8 Å². The topological polar surface area (TPSA) is 67.7 Å². The van der Waals surface area contributed by atoms with Crippen molar-refractivity contribution in [2.24, 2.45) is 0 Å². The van der Waals surface area contributed by atoms with Gasteiger partial charge < -0.3 is 14.5 Å². The number of aryl methyl sites for hydroxylation is 1. The highest BCUT2D eigenvalue weighted by molar-refractivity contribution is 5.94. The Morgan fingerprint density at radius 3 is 2.34 bits per heavy atom. The third-order valence-electron chi connectivity index (χ3n) is 7.91. The number of aromatic nitrogens is 2. The van der Waals surface area contributed by atoms with Crippen LogP contribution in [0.2, 0.25) is 0 Å². The van der Waals surface area contributed by atoms with Crippen LogP contribution in [0.25, 0.3) is 0 Å². The molecule has 35 heavy (non-hydrogen) atoms. The van der Waals surface area contributed by atoms with Gasteiger partial charge >= 0.3 is 0 Å². The number of fused-ring (bicyclic) bond motifs is 1. The van der Waals surface area contributed by atoms with Crippen LogP contribution in [0.5, 0.6) is 0 Å². The normalized spacial score (nSPS) is 22.9. The van der Waals surface area contributed by atoms with E-state index in [0.717, 1.165) is 62.9 Å². The number of carbonyl (C=O) groups excluding carboxylic acids is 2. The van der Waals surface area contributed by atoms with Crippen molar-refractivity contribution in [1.29, 1.82) is 0 Å². The monoisotopic (exact) mass is 478 g/mol. The van der Waals surface area contributed by atoms with Crippen molar-refractivity contribution in [3.8, 4) is 0 Å². The van der Waals surface area contributed by atoms with E-state index in [1.165, 1.54) is 11.1 Å². The predicted octanol–water partition coefficient (Wildman–Crippen LogP) is 3.59. The Labute approximate surface area is 208 Å². The summed E-state index contributed by atoms with van der Waals surface area (Å²) >= 11 is 0. The molecule has 7 nitrogen and oxygen atoms in total. The van der Waals surface area contributed by atoms with Crippen LogP contribution in [0.3, 0.4) is 0 Å². The fraction of sp³-hybridized carbons (Fsp3) is 0.607. The zero-order valence-corrected chi connectivity index (χ0v) is 21.3. The van der Waals surface area contributed by atoms with Crippen LogP contribution in [0.4, 0.5) is 0 Å². The van der Waals surface area contributed by atoms with E-state index in [1.807, 2.05) is 28.3 Å². The van der Waals surface area contributed by atoms with Crippen molar-refractivity contribution in [2.45, 2.75) is 84.0 Å². The summed E-state index contributed by atoms with van der Waals surface area (Å²) in [5, 5.41) is 4.71. The van der Waals surface area contributed by atoms with Crippen LogP contribution >= 0.6 is 0 Å². The Morgan fingerprint density at radius 1 is 1.00 bits per heavy atom. The fourth-order valence-electron chi connectivity index (χ4n) is 6.02. The number of hydrogen-bond acceptors (Lipinski definition) is 4. The first-order chi connectivity index (χ1) is 16.9. The SMILES string of the molecule is CCc1ccc(C2CCN(C(=O)Cn3nc(C(=O)N4C[C@@H](C)O[C@@H](C)C4)c4c3CCC4)CC2)cc1. The van der Waals surface area contributed by atoms with Gasteiger partial charge in [0.05, 0.1) is 12.2 Å². The minimum atomic E-state index is -0.0220. The molecule has 1 aliphatic carbocycles. The highest BCUT2D eigenvalue weighted by atomic mass is 16.5. The fourth-order valence-corrected chi connectivity index (χ4v) is 6.02. The number of carbonyl (C=O) groups is 2. The van der Waals surface area contributed by atoms with Crippen LogP contribution in [-0.2, 0) is 35.3 Å². The average Bonchev–Trinajstić information content (AvgIpc) is 3.47. The van der Waals surface area contributed by atoms with Crippen LogP contribution in [0.1, 0.15) is 78.8 Å². The van der Waals surface area contributed by atoms with Crippen molar-refractivity contribution >= 4 is 11.8 Å². The maximum Gasteiger partial charge on any atom is 0.274 e. The lowest BCUT2D eigenvalue weighted by atomic mass is 9.89. The summed E-state index contributed by atoms with van der Waals surface area (Å²) in [6, 6.07) is 8.95. The smallest absolute Gasteiger partial charge is 0.274 e. The number of ether oxygens (including phenoxy) is 1. The van der Waals surface area contributed by atoms with Crippen molar-refractivity contribution in [3.63, 3.8) is 0 Å². The second-order valence-electron chi connectivity index (χ2n) is 10.5. The molecule has 2 saturated heterocycles. The second kappa shape index (κ2) is 10.1. The molecule has 0 saturated carbocycles. The maximum absolute atomic E-state index is 13.4. The zero-order chi connectivity index (χ0) is 24.5. The van der Waals surface area contributed by atoms with Crippen molar-refractivity contribution in [2.75, 3.05) is 26.2 Å². The molecule has 3 heterocycles. The quantitative estimate of drug-likeness (QED) is 0.659. The number of piperidine rings is 1. The Balaban J connectivity index is 1.23. The van der Waals surface area contributed by atoms with Crippen molar-refractivity contribution in [3.05, 3.63) is 52.3 Å². The summed E-state index contributed by atoms with van der Waals surface area (Å²) in [7, 11) is 0. The number of benzene rings is 1. The summed E-state index contributed by atoms with van der Waals surface area (Å²) in [5.74, 6) is 0.599. The molecule has 188 valence electrons. The first-order valence-corrected chi connectivity index (χ1v) is 13.3. The number of hydrogen-bond donors (Lipinski definition) is 0. The maximum atomic E-state index is 13.4. The van der Waals surface area contributed by atoms with Gasteiger partial charge in [-0.3, -0.25) is 14.3 Å². The first-order valence-electron chi connectivity index (χ1n) is 13.3. The van der Waals surface area contributed by atoms with Gasteiger partial charge in [0.2, 0.25) is 5.91 Å². The van der Waals surface area contributed by atoms with Gasteiger partial charge in [0.1, 0.15) is 6.54 Å². The third-order valence-corrected chi connectivity index (χ3v) is 7.91. The highest BCUT2D eigenvalue weighted by Crippen LogP contribution is 2.30. The van der Waals surface area contributed by atoms with Crippen LogP contribution < -0.4 is 0 Å². The highest BCUT2D eigenvalue weighted by Gasteiger charge is 2.33. The Hall–Kier alpha value is -2.67. The van der Waals surface area contributed by atoms with Gasteiger partial charge in [-0.05, 0) is 69.4 Å². The van der Waals surface area contributed by atoms with E-state index < -0.39 is 0 Å². The molecule has 2 aliphatic heterocycles. The summed E-state index contributed by atoms with van der Waals surface area (Å²) < 4.78 is 7.62. The summed E-state index contributed by atoms with van der Waals surface area (Å²) in [5.41, 5.74) is 5.41. The zero-order valence-electron chi connectivity index (χ0n) is 21.3. The van der Waals surface area contributed by atoms with Crippen molar-refractivity contribution in [1.82, 2.24) is 19.6 Å². The Kier molecular flexibility index (Phi) is 6.96. The molecule has 1 aromatic heterocycles. The van der Waals surface area contributed by atoms with E-state index in [-0.39, 0.29) is 30.6 Å². The van der Waals surface area contributed by atoms with E-state index in [2.05, 4.69) is 31.2 Å². The molecule has 0 radical (unpaired) electrons. The summed E-state index contributed by atoms with van der Waals surface area (Å²) in [6.45, 7) is 9.12. The standard InChI is InChI=1S/C28H38N4O3/c1-4-21-8-10-22(11-9-21)23-12-14-30(15-13-23)26(33)18-32-25-7-5-6-24(25)27(29-32)28(34)31-16-19(2)35-20(3)17-31/h8-11,19-20,23H,4-7,12-18H2,1-3H3/t19-,20+. The molecule has 3 aliphatic rings. The molecule has 7 heteroatoms. The number of nitrogens with zero attached hydrogens (tertiary/aromatic N) is 4. The molecular weight excluding hydrogens is 440 g/mol. The Bertz CT molecular complexity index is 1060. The van der Waals surface area contributed by atoms with Gasteiger partial charge in [-0.2, -0.15) is 5.10 Å². The van der Waals surface area contributed by atoms with E-state index >= 15 is 0 Å². The van der Waals surface area contributed by atoms with Gasteiger partial charge in [0, 0.05) is 37.4 Å². The average molecular weight is 479 g/mol. The summed E-state index contributed by atoms with van der Waals surface area (Å²) in [4.78, 5) is 30.4. The van der Waals surface area contributed by atoms with E-state index in [4.69, 9.17) is 9.84 Å². The number of likely N-dealkylation sites (tertiary alicyclic amines) is 1. The predicted molar refractivity (Wildman–Crippen MR) is 135 cm³/mol. The molecular formula is C28H38N4O3. The molecule has 0 bridgehead atoms. The minimum absolute atomic E-state index is 0.0203. The van der Waals surface area contributed by atoms with Gasteiger partial charge in [-0.15, -0.1) is 0 Å². The molecule has 2 atom stereocenters. The molecule has 2 aromatic rings. The van der Waals surface area contributed by atoms with Crippen molar-refractivity contribution < 1.29 is 14.3 Å². The van der Waals surface area contributed by atoms with E-state index in [0.29, 0.717) is 24.7 Å². The molecule has 2 amide bonds. The molecule has 0 unspecified atom stereocenters. The van der Waals surface area contributed by atoms with Crippen LogP contribution in [0.15, 0.2) is 24.3 Å². The molecule has 0 spiro atoms. The lowest BCUT2D eigenvalue weighted by molar-refractivity contribution is -0.133. The van der Waals surface area contributed by atoms with E-state index in [1.54, 1.807) is 0 Å². The Morgan fingerprint density at radius 2 is 1.69 bits per heavy atom. The number of rotatable bonds is 5. The first kappa shape index (κ1) is 24.0. The van der Waals surface area contributed by atoms with E-state index in [9.17, 15) is 9.59 Å². The molecule has 2 fully saturated rings. The number of amides is 2. The molecule has 1 aromatic carbocycles. The van der Waals surface area contributed by atoms with Gasteiger partial charge in [0.15, 0.2) is 5.69 Å². The lowest BCUT2D eigenvalue weighted by Gasteiger charge is -2.35. The second-order valence-corrected chi connectivity index (χ2v) is 10.5. The minimum Gasteiger partial charge on any atom is -0.372 e. The number of morpholine rings is 1. The molecule has 0 N–H and O–H groups in total. The van der Waals surface area contributed by atoms with Gasteiger partial charge in [-0.25, -0.2) is 0 Å².